The molecular weight excluding hydrogens is 444 g/mol. The molecule has 2 N–H and O–H groups in total. The largest absolute Gasteiger partial charge is 0.480 e. The maximum Gasteiger partial charge on any atom is 0.322 e. The molecule has 0 aliphatic heterocycles. The van der Waals surface area contributed by atoms with Crippen LogP contribution in [0.2, 0.25) is 0 Å². The summed E-state index contributed by atoms with van der Waals surface area (Å²) < 4.78 is 5.82. The Bertz CT molecular complexity index is 751. The number of nitrogens with one attached hydrogen (secondary N) is 1. The number of hydrogen-bond donors (Lipinski definition) is 2. The van der Waals surface area contributed by atoms with Gasteiger partial charge in [0.15, 0.2) is 0 Å². The molecule has 3 rings (SSSR count). The molecule has 8 heteroatoms. The van der Waals surface area contributed by atoms with Gasteiger partial charge in [-0.25, -0.2) is 4.79 Å². The van der Waals surface area contributed by atoms with Gasteiger partial charge in [0.05, 0.1) is 15.3 Å². The van der Waals surface area contributed by atoms with E-state index >= 15 is 0 Å². The van der Waals surface area contributed by atoms with Gasteiger partial charge < -0.3 is 14.7 Å². The van der Waals surface area contributed by atoms with Gasteiger partial charge in [0.1, 0.15) is 4.75 Å². The number of nitrogens with zero attached hydrogens (tertiary/aromatic N) is 1. The number of thiophene rings is 1. The summed E-state index contributed by atoms with van der Waals surface area (Å²) in [5.41, 5.74) is 0. The van der Waals surface area contributed by atoms with E-state index in [9.17, 15) is 14.7 Å². The summed E-state index contributed by atoms with van der Waals surface area (Å²) in [7, 11) is 0. The highest BCUT2D eigenvalue weighted by molar-refractivity contribution is 8.03. The first kappa shape index (κ1) is 25.4. The standard InChI is InChI=1S/C24H38N2O4S2/c1-4-30-19-13-11-18(12-14-19)26(17-9-7-5-6-8-10-17)23(29)25-20-15-16-21(31-20)32-24(2,3)22(27)28/h15-19H,4-14H2,1-3H3,(H,25,29)(H,27,28). The summed E-state index contributed by atoms with van der Waals surface area (Å²) in [5, 5.41) is 13.3. The first-order valence-electron chi connectivity index (χ1n) is 12.0. The van der Waals surface area contributed by atoms with Crippen molar-refractivity contribution in [1.82, 2.24) is 4.90 Å². The molecule has 0 bridgehead atoms. The molecule has 6 nitrogen and oxygen atoms in total. The minimum Gasteiger partial charge on any atom is -0.480 e. The van der Waals surface area contributed by atoms with Crippen LogP contribution in [0, 0.1) is 0 Å². The molecule has 1 aromatic heterocycles. The van der Waals surface area contributed by atoms with Gasteiger partial charge in [-0.3, -0.25) is 10.1 Å². The fourth-order valence-electron chi connectivity index (χ4n) is 4.80. The van der Waals surface area contributed by atoms with Crippen LogP contribution in [0.1, 0.15) is 85.0 Å². The molecule has 1 aromatic rings. The fourth-order valence-corrected chi connectivity index (χ4v) is 7.21. The molecule has 180 valence electrons. The third-order valence-corrected chi connectivity index (χ3v) is 8.89. The molecule has 2 saturated carbocycles. The molecule has 0 unspecified atom stereocenters. The number of rotatable bonds is 8. The normalized spacial score (nSPS) is 22.8. The summed E-state index contributed by atoms with van der Waals surface area (Å²) in [6.45, 7) is 6.19. The van der Waals surface area contributed by atoms with Gasteiger partial charge in [-0.1, -0.05) is 37.4 Å². The molecule has 2 aliphatic carbocycles. The van der Waals surface area contributed by atoms with Crippen LogP contribution in [0.15, 0.2) is 16.3 Å². The third kappa shape index (κ3) is 6.87. The van der Waals surface area contributed by atoms with E-state index in [-0.39, 0.29) is 12.1 Å². The first-order valence-corrected chi connectivity index (χ1v) is 13.7. The zero-order valence-corrected chi connectivity index (χ0v) is 21.2. The Morgan fingerprint density at radius 3 is 2.31 bits per heavy atom. The second kappa shape index (κ2) is 11.7. The van der Waals surface area contributed by atoms with Crippen LogP contribution in [0.4, 0.5) is 9.80 Å². The summed E-state index contributed by atoms with van der Waals surface area (Å²) >= 11 is 2.76. The molecule has 32 heavy (non-hydrogen) atoms. The maximum absolute atomic E-state index is 13.5. The molecule has 2 fully saturated rings. The van der Waals surface area contributed by atoms with Crippen molar-refractivity contribution in [3.63, 3.8) is 0 Å². The van der Waals surface area contributed by atoms with Crippen LogP contribution in [0.3, 0.4) is 0 Å². The van der Waals surface area contributed by atoms with E-state index < -0.39 is 10.7 Å². The number of carbonyl (C=O) groups is 2. The summed E-state index contributed by atoms with van der Waals surface area (Å²) in [6.07, 6.45) is 11.4. The second-order valence-corrected chi connectivity index (χ2v) is 12.4. The Hall–Kier alpha value is -1.25. The average molecular weight is 483 g/mol. The molecule has 0 saturated heterocycles. The number of thioether (sulfide) groups is 1. The number of carbonyl (C=O) groups excluding carboxylic acids is 1. The van der Waals surface area contributed by atoms with Crippen LogP contribution in [0.25, 0.3) is 0 Å². The van der Waals surface area contributed by atoms with Crippen molar-refractivity contribution in [2.24, 2.45) is 0 Å². The highest BCUT2D eigenvalue weighted by atomic mass is 32.2. The van der Waals surface area contributed by atoms with E-state index in [1.165, 1.54) is 48.8 Å². The predicted octanol–water partition coefficient (Wildman–Crippen LogP) is 6.61. The number of ether oxygens (including phenoxy) is 1. The second-order valence-electron chi connectivity index (χ2n) is 9.40. The molecule has 0 aromatic carbocycles. The van der Waals surface area contributed by atoms with Gasteiger partial charge in [0, 0.05) is 18.7 Å². The minimum absolute atomic E-state index is 0.00680. The zero-order valence-electron chi connectivity index (χ0n) is 19.6. The Morgan fingerprint density at radius 2 is 1.72 bits per heavy atom. The third-order valence-electron chi connectivity index (χ3n) is 6.57. The van der Waals surface area contributed by atoms with Crippen LogP contribution in [-0.2, 0) is 9.53 Å². The quantitative estimate of drug-likeness (QED) is 0.322. The smallest absolute Gasteiger partial charge is 0.322 e. The lowest BCUT2D eigenvalue weighted by Gasteiger charge is -2.41. The van der Waals surface area contributed by atoms with E-state index in [0.717, 1.165) is 54.3 Å². The lowest BCUT2D eigenvalue weighted by molar-refractivity contribution is -0.138. The van der Waals surface area contributed by atoms with Gasteiger partial charge in [0.2, 0.25) is 0 Å². The molecular formula is C24H38N2O4S2. The minimum atomic E-state index is -0.905. The van der Waals surface area contributed by atoms with Gasteiger partial charge in [-0.05, 0) is 71.4 Å². The van der Waals surface area contributed by atoms with Crippen LogP contribution in [-0.4, -0.2) is 51.5 Å². The summed E-state index contributed by atoms with van der Waals surface area (Å²) in [5.74, 6) is -0.844. The summed E-state index contributed by atoms with van der Waals surface area (Å²) in [4.78, 5) is 27.1. The lowest BCUT2D eigenvalue weighted by Crippen LogP contribution is -2.50. The fraction of sp³-hybridized carbons (Fsp3) is 0.750. The number of anilines is 1. The number of urea groups is 1. The van der Waals surface area contributed by atoms with E-state index in [0.29, 0.717) is 12.1 Å². The van der Waals surface area contributed by atoms with Crippen molar-refractivity contribution >= 4 is 40.1 Å². The maximum atomic E-state index is 13.5. The Balaban J connectivity index is 1.69. The number of aliphatic carboxylic acids is 1. The van der Waals surface area contributed by atoms with Gasteiger partial charge in [-0.15, -0.1) is 11.3 Å². The van der Waals surface area contributed by atoms with Crippen LogP contribution < -0.4 is 5.32 Å². The van der Waals surface area contributed by atoms with E-state index in [4.69, 9.17) is 4.74 Å². The van der Waals surface area contributed by atoms with Crippen molar-refractivity contribution in [1.29, 1.82) is 0 Å². The number of hydrogen-bond acceptors (Lipinski definition) is 5. The predicted molar refractivity (Wildman–Crippen MR) is 132 cm³/mol. The highest BCUT2D eigenvalue weighted by Gasteiger charge is 2.34. The molecule has 2 aliphatic rings. The van der Waals surface area contributed by atoms with Crippen LogP contribution >= 0.6 is 23.1 Å². The van der Waals surface area contributed by atoms with Crippen molar-refractivity contribution in [2.75, 3.05) is 11.9 Å². The molecule has 0 atom stereocenters. The Labute approximate surface area is 200 Å². The van der Waals surface area contributed by atoms with Crippen molar-refractivity contribution < 1.29 is 19.4 Å². The number of carboxylic acid groups (broad SMARTS) is 1. The van der Waals surface area contributed by atoms with Gasteiger partial charge in [0.25, 0.3) is 0 Å². The number of amides is 2. The monoisotopic (exact) mass is 482 g/mol. The zero-order chi connectivity index (χ0) is 23.1. The Kier molecular flexibility index (Phi) is 9.32. The van der Waals surface area contributed by atoms with E-state index in [1.54, 1.807) is 13.8 Å². The SMILES string of the molecule is CCOC1CCC(N(C(=O)Nc2ccc(SC(C)(C)C(=O)O)s2)C2CCCCCC2)CC1. The average Bonchev–Trinajstić information content (AvgIpc) is 3.00. The molecule has 1 heterocycles. The van der Waals surface area contributed by atoms with E-state index in [1.807, 2.05) is 19.1 Å². The number of carboxylic acids is 1. The van der Waals surface area contributed by atoms with Crippen molar-refractivity contribution in [3.8, 4) is 0 Å². The topological polar surface area (TPSA) is 78.9 Å². The van der Waals surface area contributed by atoms with Crippen molar-refractivity contribution in [2.45, 2.75) is 112 Å². The molecule has 2 amide bonds. The van der Waals surface area contributed by atoms with E-state index in [2.05, 4.69) is 10.2 Å². The summed E-state index contributed by atoms with van der Waals surface area (Å²) in [6, 6.07) is 4.34. The lowest BCUT2D eigenvalue weighted by atomic mass is 9.90. The van der Waals surface area contributed by atoms with Gasteiger partial charge >= 0.3 is 12.0 Å². The Morgan fingerprint density at radius 1 is 1.09 bits per heavy atom. The molecule has 0 radical (unpaired) electrons. The molecule has 0 spiro atoms. The van der Waals surface area contributed by atoms with Crippen molar-refractivity contribution in [3.05, 3.63) is 12.1 Å². The first-order chi connectivity index (χ1) is 15.3. The van der Waals surface area contributed by atoms with Crippen LogP contribution in [0.5, 0.6) is 0 Å². The highest BCUT2D eigenvalue weighted by Crippen LogP contribution is 2.39. The van der Waals surface area contributed by atoms with Gasteiger partial charge in [-0.2, -0.15) is 0 Å².